The van der Waals surface area contributed by atoms with E-state index in [9.17, 15) is 18.8 Å². The highest BCUT2D eigenvalue weighted by Gasteiger charge is 2.30. The van der Waals surface area contributed by atoms with Crippen LogP contribution in [0.3, 0.4) is 0 Å². The predicted molar refractivity (Wildman–Crippen MR) is 106 cm³/mol. The van der Waals surface area contributed by atoms with Gasteiger partial charge >= 0.3 is 0 Å². The maximum Gasteiger partial charge on any atom is 0.294 e. The summed E-state index contributed by atoms with van der Waals surface area (Å²) in [6, 6.07) is 5.16. The zero-order valence-corrected chi connectivity index (χ0v) is 16.8. The summed E-state index contributed by atoms with van der Waals surface area (Å²) in [4.78, 5) is 38.0. The van der Waals surface area contributed by atoms with Crippen LogP contribution in [0.1, 0.15) is 44.1 Å². The summed E-state index contributed by atoms with van der Waals surface area (Å²) in [5.41, 5.74) is 1.25. The molecule has 1 saturated heterocycles. The van der Waals surface area contributed by atoms with Crippen LogP contribution < -0.4 is 10.6 Å². The molecule has 8 nitrogen and oxygen atoms in total. The van der Waals surface area contributed by atoms with Gasteiger partial charge in [-0.05, 0) is 44.0 Å². The number of nitrogens with zero attached hydrogens (tertiary/aromatic N) is 2. The van der Waals surface area contributed by atoms with Crippen molar-refractivity contribution in [3.63, 3.8) is 0 Å². The predicted octanol–water partition coefficient (Wildman–Crippen LogP) is 1.99. The van der Waals surface area contributed by atoms with Crippen molar-refractivity contribution in [1.82, 2.24) is 9.88 Å². The van der Waals surface area contributed by atoms with Gasteiger partial charge in [0.2, 0.25) is 0 Å². The van der Waals surface area contributed by atoms with E-state index in [0.29, 0.717) is 30.9 Å². The highest BCUT2D eigenvalue weighted by Crippen LogP contribution is 2.24. The van der Waals surface area contributed by atoms with Crippen LogP contribution in [-0.2, 0) is 16.6 Å². The second-order valence-electron chi connectivity index (χ2n) is 7.12. The van der Waals surface area contributed by atoms with E-state index in [-0.39, 0.29) is 28.6 Å². The normalized spacial score (nSPS) is 15.5. The molecule has 2 amide bonds. The molecule has 3 rings (SSSR count). The van der Waals surface area contributed by atoms with Gasteiger partial charge < -0.3 is 19.9 Å². The van der Waals surface area contributed by atoms with Gasteiger partial charge in [0.15, 0.2) is 0 Å². The fourth-order valence-electron chi connectivity index (χ4n) is 3.52. The third kappa shape index (κ3) is 3.95. The molecule has 9 heteroatoms. The lowest BCUT2D eigenvalue weighted by atomic mass is 10.1. The number of carbonyl (C=O) groups excluding carboxylic acids is 3. The number of anilines is 1. The molecule has 1 unspecified atom stereocenters. The van der Waals surface area contributed by atoms with E-state index in [2.05, 4.69) is 10.6 Å². The molecular formula is C21H21FN4O4. The summed E-state index contributed by atoms with van der Waals surface area (Å²) in [6.45, 7) is 4.14. The number of ether oxygens (including phenoxy) is 1. The van der Waals surface area contributed by atoms with Crippen molar-refractivity contribution < 1.29 is 23.5 Å². The maximum absolute atomic E-state index is 13.5. The second kappa shape index (κ2) is 8.47. The highest BCUT2D eigenvalue weighted by atomic mass is 19.1. The first-order valence-corrected chi connectivity index (χ1v) is 9.34. The van der Waals surface area contributed by atoms with Crippen LogP contribution in [0.2, 0.25) is 0 Å². The molecule has 156 valence electrons. The largest absolute Gasteiger partial charge is 0.379 e. The maximum atomic E-state index is 13.5. The second-order valence-corrected chi connectivity index (χ2v) is 7.12. The van der Waals surface area contributed by atoms with Crippen molar-refractivity contribution in [3.8, 4) is 6.07 Å². The quantitative estimate of drug-likeness (QED) is 0.576. The standard InChI is InChI=1S/C21H21FN4O4/c1-11-17(20(28)24-14-4-5-16(22)13(8-14)9-23)12(2)26(3)18(11)19(27)21(29)25-15-6-7-30-10-15/h4-5,8,15H,6-7,10H2,1-3H3,(H,24,28)(H,25,29). The van der Waals surface area contributed by atoms with Gasteiger partial charge in [0.1, 0.15) is 11.9 Å². The van der Waals surface area contributed by atoms with E-state index in [1.54, 1.807) is 27.0 Å². The lowest BCUT2D eigenvalue weighted by Gasteiger charge is -2.11. The first-order valence-electron chi connectivity index (χ1n) is 9.34. The SMILES string of the molecule is Cc1c(C(=O)Nc2ccc(F)c(C#N)c2)c(C)n(C)c1C(=O)C(=O)NC1CCOC1. The topological polar surface area (TPSA) is 113 Å². The molecule has 1 aliphatic heterocycles. The summed E-state index contributed by atoms with van der Waals surface area (Å²) >= 11 is 0. The van der Waals surface area contributed by atoms with Crippen LogP contribution in [0, 0.1) is 31.0 Å². The zero-order chi connectivity index (χ0) is 22.0. The number of Topliss-reactive ketones (excluding diaryl/α,β-unsaturated/α-hetero) is 1. The molecule has 0 bridgehead atoms. The van der Waals surface area contributed by atoms with Crippen LogP contribution >= 0.6 is 0 Å². The lowest BCUT2D eigenvalue weighted by Crippen LogP contribution is -2.40. The number of ketones is 1. The van der Waals surface area contributed by atoms with Crippen molar-refractivity contribution in [2.24, 2.45) is 7.05 Å². The van der Waals surface area contributed by atoms with Crippen LogP contribution in [-0.4, -0.2) is 41.4 Å². The number of amides is 2. The fraction of sp³-hybridized carbons (Fsp3) is 0.333. The average molecular weight is 412 g/mol. The van der Waals surface area contributed by atoms with Crippen molar-refractivity contribution in [1.29, 1.82) is 5.26 Å². The number of hydrogen-bond donors (Lipinski definition) is 2. The number of carbonyl (C=O) groups is 3. The van der Waals surface area contributed by atoms with Gasteiger partial charge in [-0.3, -0.25) is 14.4 Å². The number of nitrogens with one attached hydrogen (secondary N) is 2. The minimum absolute atomic E-state index is 0.117. The van der Waals surface area contributed by atoms with Crippen molar-refractivity contribution in [2.75, 3.05) is 18.5 Å². The van der Waals surface area contributed by atoms with Gasteiger partial charge in [-0.15, -0.1) is 0 Å². The Labute approximate surface area is 172 Å². The molecule has 1 aromatic heterocycles. The van der Waals surface area contributed by atoms with Crippen LogP contribution in [0.15, 0.2) is 18.2 Å². The molecule has 1 atom stereocenters. The Morgan fingerprint density at radius 1 is 1.30 bits per heavy atom. The molecule has 30 heavy (non-hydrogen) atoms. The Morgan fingerprint density at radius 3 is 2.67 bits per heavy atom. The number of benzene rings is 1. The monoisotopic (exact) mass is 412 g/mol. The number of rotatable bonds is 5. The number of aromatic nitrogens is 1. The van der Waals surface area contributed by atoms with E-state index in [1.165, 1.54) is 16.7 Å². The van der Waals surface area contributed by atoms with Crippen molar-refractivity contribution in [2.45, 2.75) is 26.3 Å². The van der Waals surface area contributed by atoms with Crippen LogP contribution in [0.5, 0.6) is 0 Å². The van der Waals surface area contributed by atoms with Crippen LogP contribution in [0.4, 0.5) is 10.1 Å². The van der Waals surface area contributed by atoms with E-state index in [1.807, 2.05) is 0 Å². The summed E-state index contributed by atoms with van der Waals surface area (Å²) < 4.78 is 20.2. The van der Waals surface area contributed by atoms with E-state index in [0.717, 1.165) is 6.07 Å². The molecule has 2 N–H and O–H groups in total. The Morgan fingerprint density at radius 2 is 2.03 bits per heavy atom. The third-order valence-electron chi connectivity index (χ3n) is 5.19. The Bertz CT molecular complexity index is 1080. The van der Waals surface area contributed by atoms with Gasteiger partial charge in [0.25, 0.3) is 17.6 Å². The number of hydrogen-bond acceptors (Lipinski definition) is 5. The third-order valence-corrected chi connectivity index (χ3v) is 5.19. The zero-order valence-electron chi connectivity index (χ0n) is 16.8. The van der Waals surface area contributed by atoms with Crippen molar-refractivity contribution >= 4 is 23.3 Å². The highest BCUT2D eigenvalue weighted by molar-refractivity contribution is 6.43. The fourth-order valence-corrected chi connectivity index (χ4v) is 3.52. The first kappa shape index (κ1) is 21.2. The van der Waals surface area contributed by atoms with Gasteiger partial charge in [-0.1, -0.05) is 0 Å². The van der Waals surface area contributed by atoms with Gasteiger partial charge in [-0.25, -0.2) is 4.39 Å². The minimum Gasteiger partial charge on any atom is -0.379 e. The Kier molecular flexibility index (Phi) is 5.99. The molecular weight excluding hydrogens is 391 g/mol. The Hall–Kier alpha value is -3.51. The van der Waals surface area contributed by atoms with E-state index in [4.69, 9.17) is 10.00 Å². The van der Waals surface area contributed by atoms with Crippen LogP contribution in [0.25, 0.3) is 0 Å². The molecule has 0 aliphatic carbocycles. The number of halogens is 1. The smallest absolute Gasteiger partial charge is 0.294 e. The first-order chi connectivity index (χ1) is 14.2. The summed E-state index contributed by atoms with van der Waals surface area (Å²) in [7, 11) is 1.60. The molecule has 1 aliphatic rings. The molecule has 0 spiro atoms. The molecule has 0 radical (unpaired) electrons. The van der Waals surface area contributed by atoms with E-state index >= 15 is 0 Å². The minimum atomic E-state index is -0.752. The molecule has 1 fully saturated rings. The summed E-state index contributed by atoms with van der Waals surface area (Å²) in [5.74, 6) is -2.70. The lowest BCUT2D eigenvalue weighted by molar-refractivity contribution is -0.117. The number of nitriles is 1. The van der Waals surface area contributed by atoms with Gasteiger partial charge in [0, 0.05) is 25.0 Å². The molecule has 1 aromatic carbocycles. The summed E-state index contributed by atoms with van der Waals surface area (Å²) in [6.07, 6.45) is 0.639. The Balaban J connectivity index is 1.86. The summed E-state index contributed by atoms with van der Waals surface area (Å²) in [5, 5.41) is 14.2. The van der Waals surface area contributed by atoms with Gasteiger partial charge in [-0.2, -0.15) is 5.26 Å². The van der Waals surface area contributed by atoms with Gasteiger partial charge in [0.05, 0.1) is 29.5 Å². The molecule has 2 aromatic rings. The van der Waals surface area contributed by atoms with Crippen molar-refractivity contribution in [3.05, 3.63) is 52.1 Å². The van der Waals surface area contributed by atoms with E-state index < -0.39 is 23.4 Å². The average Bonchev–Trinajstić information content (AvgIpc) is 3.29. The molecule has 2 heterocycles. The molecule has 0 saturated carbocycles.